The summed E-state index contributed by atoms with van der Waals surface area (Å²) in [6.45, 7) is 8.14. The van der Waals surface area contributed by atoms with E-state index in [0.29, 0.717) is 6.04 Å². The van der Waals surface area contributed by atoms with Gasteiger partial charge in [0.05, 0.1) is 18.8 Å². The van der Waals surface area contributed by atoms with Crippen LogP contribution in [0.4, 0.5) is 0 Å². The molecule has 3 aliphatic heterocycles. The number of nitrogens with zero attached hydrogens (tertiary/aromatic N) is 2. The van der Waals surface area contributed by atoms with Gasteiger partial charge in [0.1, 0.15) is 11.4 Å². The SMILES string of the molecule is CN=C(NCC1CN2CCCC2CO1)NC1CC(C)(C)Oc2ccccc21.I. The van der Waals surface area contributed by atoms with E-state index in [1.54, 1.807) is 0 Å². The average molecular weight is 500 g/mol. The van der Waals surface area contributed by atoms with E-state index in [1.807, 2.05) is 19.2 Å². The fourth-order valence-electron chi connectivity index (χ4n) is 4.51. The van der Waals surface area contributed by atoms with Crippen LogP contribution in [0.5, 0.6) is 5.75 Å². The highest BCUT2D eigenvalue weighted by atomic mass is 127. The second-order valence-corrected chi connectivity index (χ2v) is 8.50. The van der Waals surface area contributed by atoms with Crippen molar-refractivity contribution in [3.63, 3.8) is 0 Å². The van der Waals surface area contributed by atoms with Crippen LogP contribution in [0.2, 0.25) is 0 Å². The van der Waals surface area contributed by atoms with Gasteiger partial charge in [0, 0.05) is 38.2 Å². The Balaban J connectivity index is 0.00000225. The summed E-state index contributed by atoms with van der Waals surface area (Å²) in [6, 6.07) is 9.08. The topological polar surface area (TPSA) is 58.1 Å². The van der Waals surface area contributed by atoms with Crippen molar-refractivity contribution < 1.29 is 9.47 Å². The predicted molar refractivity (Wildman–Crippen MR) is 123 cm³/mol. The fourth-order valence-corrected chi connectivity index (χ4v) is 4.51. The molecule has 2 fully saturated rings. The van der Waals surface area contributed by atoms with Gasteiger partial charge in [0.2, 0.25) is 0 Å². The van der Waals surface area contributed by atoms with Gasteiger partial charge in [-0.15, -0.1) is 24.0 Å². The van der Waals surface area contributed by atoms with E-state index < -0.39 is 0 Å². The second kappa shape index (κ2) is 9.17. The maximum atomic E-state index is 6.13. The summed E-state index contributed by atoms with van der Waals surface area (Å²) < 4.78 is 12.2. The minimum Gasteiger partial charge on any atom is -0.487 e. The van der Waals surface area contributed by atoms with E-state index in [0.717, 1.165) is 37.8 Å². The van der Waals surface area contributed by atoms with Crippen LogP contribution in [0.15, 0.2) is 29.3 Å². The van der Waals surface area contributed by atoms with Gasteiger partial charge in [-0.25, -0.2) is 0 Å². The van der Waals surface area contributed by atoms with Gasteiger partial charge in [-0.1, -0.05) is 18.2 Å². The molecule has 2 N–H and O–H groups in total. The molecular formula is C21H33IN4O2. The van der Waals surface area contributed by atoms with Crippen molar-refractivity contribution >= 4 is 29.9 Å². The Morgan fingerprint density at radius 2 is 2.14 bits per heavy atom. The van der Waals surface area contributed by atoms with Gasteiger partial charge in [-0.2, -0.15) is 0 Å². The fraction of sp³-hybridized carbons (Fsp3) is 0.667. The summed E-state index contributed by atoms with van der Waals surface area (Å²) in [4.78, 5) is 7.01. The van der Waals surface area contributed by atoms with Crippen molar-refractivity contribution in [2.24, 2.45) is 4.99 Å². The van der Waals surface area contributed by atoms with Gasteiger partial charge in [-0.05, 0) is 39.3 Å². The Morgan fingerprint density at radius 1 is 1.32 bits per heavy atom. The number of hydrogen-bond donors (Lipinski definition) is 2. The molecule has 0 aromatic heterocycles. The minimum absolute atomic E-state index is 0. The van der Waals surface area contributed by atoms with Gasteiger partial charge in [-0.3, -0.25) is 9.89 Å². The minimum atomic E-state index is -0.206. The van der Waals surface area contributed by atoms with E-state index in [4.69, 9.17) is 9.47 Å². The van der Waals surface area contributed by atoms with E-state index in [1.165, 1.54) is 24.9 Å². The lowest BCUT2D eigenvalue weighted by atomic mass is 9.90. The maximum Gasteiger partial charge on any atom is 0.191 e. The Kier molecular flexibility index (Phi) is 7.09. The molecule has 28 heavy (non-hydrogen) atoms. The van der Waals surface area contributed by atoms with Gasteiger partial charge < -0.3 is 20.1 Å². The first kappa shape index (κ1) is 21.6. The number of para-hydroxylation sites is 1. The lowest BCUT2D eigenvalue weighted by Gasteiger charge is -2.38. The number of hydrogen-bond acceptors (Lipinski definition) is 4. The highest BCUT2D eigenvalue weighted by Crippen LogP contribution is 2.39. The molecule has 6 nitrogen and oxygen atoms in total. The highest BCUT2D eigenvalue weighted by molar-refractivity contribution is 14.0. The summed E-state index contributed by atoms with van der Waals surface area (Å²) in [5.41, 5.74) is 0.982. The zero-order valence-electron chi connectivity index (χ0n) is 17.1. The van der Waals surface area contributed by atoms with Crippen molar-refractivity contribution in [3.8, 4) is 5.75 Å². The Bertz CT molecular complexity index is 697. The Morgan fingerprint density at radius 3 is 2.96 bits per heavy atom. The van der Waals surface area contributed by atoms with Crippen LogP contribution in [0, 0.1) is 0 Å². The number of aliphatic imine (C=N–C) groups is 1. The molecule has 4 rings (SSSR count). The standard InChI is InChI=1S/C21H32N4O2.HI/c1-21(2)11-18(17-8-4-5-9-19(17)27-21)24-20(22-3)23-12-16-13-25-10-6-7-15(25)14-26-16;/h4-5,8-9,15-16,18H,6-7,10-14H2,1-3H3,(H2,22,23,24);1H. The molecule has 0 amide bonds. The van der Waals surface area contributed by atoms with E-state index in [2.05, 4.69) is 46.5 Å². The quantitative estimate of drug-likeness (QED) is 0.380. The van der Waals surface area contributed by atoms with Crippen molar-refractivity contribution in [1.82, 2.24) is 15.5 Å². The maximum absolute atomic E-state index is 6.13. The normalized spacial score (nSPS) is 29.1. The summed E-state index contributed by atoms with van der Waals surface area (Å²) >= 11 is 0. The average Bonchev–Trinajstić information content (AvgIpc) is 3.12. The molecule has 3 heterocycles. The number of fused-ring (bicyclic) bond motifs is 2. The lowest BCUT2D eigenvalue weighted by Crippen LogP contribution is -2.52. The van der Waals surface area contributed by atoms with Crippen LogP contribution in [-0.4, -0.2) is 61.9 Å². The molecule has 0 aliphatic carbocycles. The van der Waals surface area contributed by atoms with Crippen LogP contribution in [0.25, 0.3) is 0 Å². The molecule has 1 aromatic carbocycles. The monoisotopic (exact) mass is 500 g/mol. The molecule has 3 unspecified atom stereocenters. The largest absolute Gasteiger partial charge is 0.487 e. The van der Waals surface area contributed by atoms with Crippen LogP contribution in [-0.2, 0) is 4.74 Å². The van der Waals surface area contributed by atoms with Gasteiger partial charge in [0.25, 0.3) is 0 Å². The van der Waals surface area contributed by atoms with E-state index in [9.17, 15) is 0 Å². The van der Waals surface area contributed by atoms with Crippen LogP contribution in [0.1, 0.15) is 44.7 Å². The number of rotatable bonds is 3. The van der Waals surface area contributed by atoms with Crippen LogP contribution in [0.3, 0.4) is 0 Å². The number of ether oxygens (including phenoxy) is 2. The zero-order chi connectivity index (χ0) is 18.9. The molecule has 1 aromatic rings. The molecule has 3 aliphatic rings. The highest BCUT2D eigenvalue weighted by Gasteiger charge is 2.35. The third kappa shape index (κ3) is 4.91. The first-order chi connectivity index (χ1) is 13.0. The lowest BCUT2D eigenvalue weighted by molar-refractivity contribution is -0.0453. The van der Waals surface area contributed by atoms with Gasteiger partial charge in [0.15, 0.2) is 5.96 Å². The van der Waals surface area contributed by atoms with Crippen LogP contribution >= 0.6 is 24.0 Å². The summed E-state index contributed by atoms with van der Waals surface area (Å²) in [5, 5.41) is 7.06. The molecule has 2 saturated heterocycles. The number of nitrogens with one attached hydrogen (secondary N) is 2. The number of halogens is 1. The van der Waals surface area contributed by atoms with Crippen molar-refractivity contribution in [3.05, 3.63) is 29.8 Å². The molecular weight excluding hydrogens is 467 g/mol. The van der Waals surface area contributed by atoms with E-state index in [-0.39, 0.29) is 41.7 Å². The third-order valence-corrected chi connectivity index (χ3v) is 5.87. The number of guanidine groups is 1. The molecule has 0 bridgehead atoms. The van der Waals surface area contributed by atoms with Crippen molar-refractivity contribution in [1.29, 1.82) is 0 Å². The summed E-state index contributed by atoms with van der Waals surface area (Å²) in [5.74, 6) is 1.78. The second-order valence-electron chi connectivity index (χ2n) is 8.50. The molecule has 7 heteroatoms. The Labute approximate surface area is 185 Å². The summed E-state index contributed by atoms with van der Waals surface area (Å²) in [6.07, 6.45) is 3.69. The first-order valence-corrected chi connectivity index (χ1v) is 10.1. The Hall–Kier alpha value is -1.06. The van der Waals surface area contributed by atoms with Gasteiger partial charge >= 0.3 is 0 Å². The van der Waals surface area contributed by atoms with Crippen molar-refractivity contribution in [2.45, 2.75) is 56.9 Å². The number of benzene rings is 1. The van der Waals surface area contributed by atoms with E-state index >= 15 is 0 Å². The molecule has 0 radical (unpaired) electrons. The molecule has 156 valence electrons. The predicted octanol–water partition coefficient (Wildman–Crippen LogP) is 2.94. The summed E-state index contributed by atoms with van der Waals surface area (Å²) in [7, 11) is 1.82. The zero-order valence-corrected chi connectivity index (χ0v) is 19.4. The molecule has 0 saturated carbocycles. The van der Waals surface area contributed by atoms with Crippen molar-refractivity contribution in [2.75, 3.05) is 33.3 Å². The number of morpholine rings is 1. The first-order valence-electron chi connectivity index (χ1n) is 10.1. The third-order valence-electron chi connectivity index (χ3n) is 5.87. The smallest absolute Gasteiger partial charge is 0.191 e. The molecule has 0 spiro atoms. The van der Waals surface area contributed by atoms with Crippen LogP contribution < -0.4 is 15.4 Å². The molecule has 3 atom stereocenters.